The van der Waals surface area contributed by atoms with E-state index in [2.05, 4.69) is 21.2 Å². The maximum absolute atomic E-state index is 10.4. The molecule has 1 unspecified atom stereocenters. The average Bonchev–Trinajstić information content (AvgIpc) is 2.61. The lowest BCUT2D eigenvalue weighted by atomic mass is 10.1. The molecule has 0 spiro atoms. The predicted octanol–water partition coefficient (Wildman–Crippen LogP) is 2.03. The Bertz CT molecular complexity index is 367. The van der Waals surface area contributed by atoms with E-state index in [-0.39, 0.29) is 12.5 Å². The van der Waals surface area contributed by atoms with Gasteiger partial charge in [-0.3, -0.25) is 9.59 Å². The minimum absolute atomic E-state index is 0.0675. The van der Waals surface area contributed by atoms with E-state index in [0.29, 0.717) is 19.3 Å². The van der Waals surface area contributed by atoms with Gasteiger partial charge in [0.25, 0.3) is 0 Å². The van der Waals surface area contributed by atoms with Crippen LogP contribution in [0.1, 0.15) is 17.7 Å². The van der Waals surface area contributed by atoms with Crippen LogP contribution in [0.3, 0.4) is 0 Å². The van der Waals surface area contributed by atoms with Crippen LogP contribution in [-0.2, 0) is 16.0 Å². The Morgan fingerprint density at radius 1 is 1.69 bits per heavy atom. The fourth-order valence-corrected chi connectivity index (χ4v) is 2.87. The van der Waals surface area contributed by atoms with Gasteiger partial charge in [0.15, 0.2) is 0 Å². The van der Waals surface area contributed by atoms with Gasteiger partial charge in [0.1, 0.15) is 0 Å². The van der Waals surface area contributed by atoms with Gasteiger partial charge < -0.3 is 10.4 Å². The molecule has 0 fully saturated rings. The topological polar surface area (TPSA) is 66.4 Å². The summed E-state index contributed by atoms with van der Waals surface area (Å²) >= 11 is 4.94. The third-order valence-electron chi connectivity index (χ3n) is 2.08. The third kappa shape index (κ3) is 4.76. The summed E-state index contributed by atoms with van der Waals surface area (Å²) in [4.78, 5) is 22.0. The van der Waals surface area contributed by atoms with Crippen LogP contribution in [0.4, 0.5) is 0 Å². The maximum atomic E-state index is 10.4. The Labute approximate surface area is 106 Å². The van der Waals surface area contributed by atoms with Crippen molar-refractivity contribution in [2.24, 2.45) is 0 Å². The molecule has 1 aromatic rings. The van der Waals surface area contributed by atoms with Crippen LogP contribution in [0.25, 0.3) is 0 Å². The maximum Gasteiger partial charge on any atom is 0.303 e. The van der Waals surface area contributed by atoms with Crippen molar-refractivity contribution >= 4 is 39.6 Å². The molecule has 0 aromatic carbocycles. The Kier molecular flexibility index (Phi) is 5.48. The van der Waals surface area contributed by atoms with Crippen LogP contribution >= 0.6 is 27.3 Å². The first-order chi connectivity index (χ1) is 7.61. The Morgan fingerprint density at radius 3 is 2.94 bits per heavy atom. The average molecular weight is 306 g/mol. The molecule has 0 radical (unpaired) electrons. The van der Waals surface area contributed by atoms with E-state index in [1.54, 1.807) is 11.3 Å². The molecule has 88 valence electrons. The Balaban J connectivity index is 2.49. The molecule has 6 heteroatoms. The van der Waals surface area contributed by atoms with Gasteiger partial charge in [-0.1, -0.05) is 0 Å². The zero-order valence-electron chi connectivity index (χ0n) is 8.48. The molecule has 1 atom stereocenters. The highest BCUT2D eigenvalue weighted by Gasteiger charge is 2.11. The van der Waals surface area contributed by atoms with Crippen molar-refractivity contribution in [2.75, 3.05) is 0 Å². The summed E-state index contributed by atoms with van der Waals surface area (Å²) < 4.78 is 1.01. The number of carboxylic acids is 1. The highest BCUT2D eigenvalue weighted by atomic mass is 79.9. The minimum atomic E-state index is -0.843. The largest absolute Gasteiger partial charge is 0.481 e. The number of nitrogens with one attached hydrogen (secondary N) is 1. The van der Waals surface area contributed by atoms with Crippen molar-refractivity contribution in [3.8, 4) is 0 Å². The lowest BCUT2D eigenvalue weighted by molar-refractivity contribution is -0.137. The molecule has 1 rings (SSSR count). The summed E-state index contributed by atoms with van der Waals surface area (Å²) in [6, 6.07) is 1.87. The van der Waals surface area contributed by atoms with E-state index < -0.39 is 5.97 Å². The van der Waals surface area contributed by atoms with Gasteiger partial charge in [0, 0.05) is 33.6 Å². The van der Waals surface area contributed by atoms with Crippen molar-refractivity contribution in [2.45, 2.75) is 25.3 Å². The molecule has 4 nitrogen and oxygen atoms in total. The SMILES string of the molecule is O=CNC(CCC(=O)O)Cc1cc(Br)cs1. The van der Waals surface area contributed by atoms with Crippen LogP contribution in [0, 0.1) is 0 Å². The standard InChI is InChI=1S/C10H12BrNO3S/c11-7-3-9(16-5-7)4-8(12-6-13)1-2-10(14)15/h3,5-6,8H,1-2,4H2,(H,12,13)(H,14,15). The van der Waals surface area contributed by atoms with Gasteiger partial charge in [0.05, 0.1) is 0 Å². The summed E-state index contributed by atoms with van der Waals surface area (Å²) in [5, 5.41) is 13.2. The fraction of sp³-hybridized carbons (Fsp3) is 0.400. The molecule has 0 saturated heterocycles. The fourth-order valence-electron chi connectivity index (χ4n) is 1.34. The highest BCUT2D eigenvalue weighted by molar-refractivity contribution is 9.10. The van der Waals surface area contributed by atoms with E-state index in [9.17, 15) is 9.59 Å². The molecule has 0 saturated carbocycles. The number of thiophene rings is 1. The second kappa shape index (κ2) is 6.65. The Hall–Kier alpha value is -0.880. The Morgan fingerprint density at radius 2 is 2.44 bits per heavy atom. The second-order valence-corrected chi connectivity index (χ2v) is 5.26. The van der Waals surface area contributed by atoms with Crippen LogP contribution in [0.2, 0.25) is 0 Å². The van der Waals surface area contributed by atoms with Gasteiger partial charge in [-0.2, -0.15) is 0 Å². The highest BCUT2D eigenvalue weighted by Crippen LogP contribution is 2.21. The molecule has 2 N–H and O–H groups in total. The quantitative estimate of drug-likeness (QED) is 0.758. The third-order valence-corrected chi connectivity index (χ3v) is 3.80. The number of carboxylic acid groups (broad SMARTS) is 1. The van der Waals surface area contributed by atoms with E-state index >= 15 is 0 Å². The number of hydrogen-bond donors (Lipinski definition) is 2. The van der Waals surface area contributed by atoms with Gasteiger partial charge in [-0.05, 0) is 28.4 Å². The zero-order chi connectivity index (χ0) is 12.0. The predicted molar refractivity (Wildman–Crippen MR) is 65.6 cm³/mol. The van der Waals surface area contributed by atoms with Crippen molar-refractivity contribution in [3.05, 3.63) is 20.8 Å². The molecular formula is C10H12BrNO3S. The summed E-state index contributed by atoms with van der Waals surface area (Å²) in [6.45, 7) is 0. The summed E-state index contributed by atoms with van der Waals surface area (Å²) in [5.74, 6) is -0.843. The molecule has 0 aliphatic carbocycles. The van der Waals surface area contributed by atoms with Gasteiger partial charge >= 0.3 is 5.97 Å². The molecule has 1 heterocycles. The van der Waals surface area contributed by atoms with Crippen molar-refractivity contribution in [1.82, 2.24) is 5.32 Å². The molecular weight excluding hydrogens is 294 g/mol. The molecule has 1 amide bonds. The van der Waals surface area contributed by atoms with E-state index in [4.69, 9.17) is 5.11 Å². The number of rotatable bonds is 7. The van der Waals surface area contributed by atoms with Gasteiger partial charge in [-0.25, -0.2) is 0 Å². The number of amides is 1. The summed E-state index contributed by atoms with van der Waals surface area (Å²) in [5.41, 5.74) is 0. The lowest BCUT2D eigenvalue weighted by Crippen LogP contribution is -2.30. The molecule has 0 bridgehead atoms. The first-order valence-electron chi connectivity index (χ1n) is 4.76. The van der Waals surface area contributed by atoms with Crippen LogP contribution in [0.5, 0.6) is 0 Å². The van der Waals surface area contributed by atoms with E-state index in [0.717, 1.165) is 9.35 Å². The van der Waals surface area contributed by atoms with Gasteiger partial charge in [-0.15, -0.1) is 11.3 Å². The van der Waals surface area contributed by atoms with Gasteiger partial charge in [0.2, 0.25) is 6.41 Å². The molecule has 0 aliphatic rings. The zero-order valence-corrected chi connectivity index (χ0v) is 10.9. The number of carbonyl (C=O) groups is 2. The van der Waals surface area contributed by atoms with Crippen LogP contribution in [0.15, 0.2) is 15.9 Å². The van der Waals surface area contributed by atoms with Crippen molar-refractivity contribution in [3.63, 3.8) is 0 Å². The first kappa shape index (κ1) is 13.2. The van der Waals surface area contributed by atoms with Crippen LogP contribution < -0.4 is 5.32 Å². The molecule has 0 aliphatic heterocycles. The van der Waals surface area contributed by atoms with Crippen molar-refractivity contribution < 1.29 is 14.7 Å². The number of hydrogen-bond acceptors (Lipinski definition) is 3. The van der Waals surface area contributed by atoms with Crippen molar-refractivity contribution in [1.29, 1.82) is 0 Å². The van der Waals surface area contributed by atoms with E-state index in [1.165, 1.54) is 0 Å². The normalized spacial score (nSPS) is 12.1. The molecule has 16 heavy (non-hydrogen) atoms. The summed E-state index contributed by atoms with van der Waals surface area (Å²) in [6.07, 6.45) is 1.80. The molecule has 1 aromatic heterocycles. The lowest BCUT2D eigenvalue weighted by Gasteiger charge is -2.13. The number of aliphatic carboxylic acids is 1. The van der Waals surface area contributed by atoms with E-state index in [1.807, 2.05) is 11.4 Å². The first-order valence-corrected chi connectivity index (χ1v) is 6.43. The monoisotopic (exact) mass is 305 g/mol. The second-order valence-electron chi connectivity index (χ2n) is 3.35. The number of halogens is 1. The number of carbonyl (C=O) groups excluding carboxylic acids is 1. The summed E-state index contributed by atoms with van der Waals surface area (Å²) in [7, 11) is 0. The van der Waals surface area contributed by atoms with Crippen LogP contribution in [-0.4, -0.2) is 23.5 Å². The minimum Gasteiger partial charge on any atom is -0.481 e. The smallest absolute Gasteiger partial charge is 0.303 e.